The van der Waals surface area contributed by atoms with E-state index in [-0.39, 0.29) is 0 Å². The summed E-state index contributed by atoms with van der Waals surface area (Å²) in [6.45, 7) is 10.7. The molecule has 2 rings (SSSR count). The number of hydrogen-bond donors (Lipinski definition) is 0. The summed E-state index contributed by atoms with van der Waals surface area (Å²) in [5.74, 6) is 0.872. The first-order valence-corrected chi connectivity index (χ1v) is 7.09. The van der Waals surface area contributed by atoms with Gasteiger partial charge in [-0.1, -0.05) is 13.8 Å². The molecular weight excluding hydrogens is 236 g/mol. The highest BCUT2D eigenvalue weighted by atomic mass is 32.2. The van der Waals surface area contributed by atoms with E-state index in [0.717, 1.165) is 15.7 Å². The van der Waals surface area contributed by atoms with E-state index in [0.29, 0.717) is 5.25 Å². The minimum absolute atomic E-state index is 0.553. The van der Waals surface area contributed by atoms with E-state index in [2.05, 4.69) is 37.7 Å². The number of thiophene rings is 1. The van der Waals surface area contributed by atoms with Gasteiger partial charge in [0.2, 0.25) is 0 Å². The van der Waals surface area contributed by atoms with Gasteiger partial charge in [0.05, 0.1) is 0 Å². The lowest BCUT2D eigenvalue weighted by molar-refractivity contribution is 1.00. The van der Waals surface area contributed by atoms with Crippen LogP contribution in [0, 0.1) is 20.8 Å². The maximum Gasteiger partial charge on any atom is 0.128 e. The van der Waals surface area contributed by atoms with Crippen LogP contribution in [0.3, 0.4) is 0 Å². The smallest absolute Gasteiger partial charge is 0.128 e. The van der Waals surface area contributed by atoms with Crippen molar-refractivity contribution >= 4 is 33.3 Å². The van der Waals surface area contributed by atoms with Crippen LogP contribution in [0.25, 0.3) is 10.2 Å². The molecule has 0 spiro atoms. The third-order valence-electron chi connectivity index (χ3n) is 2.45. The molecule has 2 aromatic heterocycles. The Morgan fingerprint density at radius 1 is 1.12 bits per heavy atom. The molecule has 0 aromatic carbocycles. The number of rotatable bonds is 2. The van der Waals surface area contributed by atoms with Gasteiger partial charge < -0.3 is 0 Å². The Morgan fingerprint density at radius 3 is 2.44 bits per heavy atom. The number of aromatic nitrogens is 2. The lowest BCUT2D eigenvalue weighted by atomic mass is 10.2. The van der Waals surface area contributed by atoms with Gasteiger partial charge in [-0.25, -0.2) is 9.97 Å². The third-order valence-corrected chi connectivity index (χ3v) is 4.55. The summed E-state index contributed by atoms with van der Waals surface area (Å²) >= 11 is 3.59. The van der Waals surface area contributed by atoms with Crippen molar-refractivity contribution in [2.24, 2.45) is 0 Å². The zero-order valence-corrected chi connectivity index (χ0v) is 11.9. The van der Waals surface area contributed by atoms with Crippen molar-refractivity contribution in [3.05, 3.63) is 16.3 Å². The molecule has 0 unspecified atom stereocenters. The predicted molar refractivity (Wildman–Crippen MR) is 72.6 cm³/mol. The van der Waals surface area contributed by atoms with Crippen molar-refractivity contribution in [3.63, 3.8) is 0 Å². The third kappa shape index (κ3) is 2.09. The Bertz CT molecular complexity index is 529. The van der Waals surface area contributed by atoms with E-state index in [1.165, 1.54) is 15.8 Å². The maximum atomic E-state index is 4.57. The maximum absolute atomic E-state index is 4.57. The van der Waals surface area contributed by atoms with Crippen molar-refractivity contribution in [2.45, 2.75) is 44.9 Å². The Hall–Kier alpha value is -0.610. The van der Waals surface area contributed by atoms with Gasteiger partial charge in [-0.3, -0.25) is 0 Å². The fourth-order valence-electron chi connectivity index (χ4n) is 1.62. The van der Waals surface area contributed by atoms with Crippen molar-refractivity contribution in [3.8, 4) is 0 Å². The zero-order chi connectivity index (χ0) is 11.9. The lowest BCUT2D eigenvalue weighted by Crippen LogP contribution is -1.94. The molecule has 16 heavy (non-hydrogen) atoms. The number of hydrogen-bond acceptors (Lipinski definition) is 4. The first-order valence-electron chi connectivity index (χ1n) is 5.40. The van der Waals surface area contributed by atoms with Crippen molar-refractivity contribution < 1.29 is 0 Å². The van der Waals surface area contributed by atoms with E-state index in [9.17, 15) is 0 Å². The largest absolute Gasteiger partial charge is 0.226 e. The summed E-state index contributed by atoms with van der Waals surface area (Å²) in [5.41, 5.74) is 1.34. The van der Waals surface area contributed by atoms with Gasteiger partial charge in [-0.15, -0.1) is 23.1 Å². The highest BCUT2D eigenvalue weighted by Crippen LogP contribution is 2.36. The predicted octanol–water partition coefficient (Wildman–Crippen LogP) is 4.12. The van der Waals surface area contributed by atoms with Gasteiger partial charge in [-0.2, -0.15) is 0 Å². The van der Waals surface area contributed by atoms with Gasteiger partial charge >= 0.3 is 0 Å². The van der Waals surface area contributed by atoms with Crippen LogP contribution in [0.1, 0.15) is 30.1 Å². The number of aryl methyl sites for hydroxylation is 3. The standard InChI is InChI=1S/C12H16N2S2/c1-6(2)15-11-10-7(3)8(4)16-12(10)14-9(5)13-11/h6H,1-5H3. The van der Waals surface area contributed by atoms with Crippen molar-refractivity contribution in [1.82, 2.24) is 9.97 Å². The molecule has 0 saturated carbocycles. The average molecular weight is 252 g/mol. The van der Waals surface area contributed by atoms with Crippen LogP contribution in [0.4, 0.5) is 0 Å². The molecule has 0 aliphatic heterocycles. The number of fused-ring (bicyclic) bond motifs is 1. The summed E-state index contributed by atoms with van der Waals surface area (Å²) in [5, 5.41) is 2.95. The molecule has 0 bridgehead atoms. The molecule has 2 heterocycles. The summed E-state index contributed by atoms with van der Waals surface area (Å²) < 4.78 is 0. The molecule has 86 valence electrons. The zero-order valence-electron chi connectivity index (χ0n) is 10.3. The minimum atomic E-state index is 0.553. The molecule has 0 radical (unpaired) electrons. The second-order valence-corrected chi connectivity index (χ2v) is 6.97. The SMILES string of the molecule is Cc1nc(SC(C)C)c2c(C)c(C)sc2n1. The molecule has 0 atom stereocenters. The monoisotopic (exact) mass is 252 g/mol. The fourth-order valence-corrected chi connectivity index (χ4v) is 3.76. The Kier molecular flexibility index (Phi) is 3.22. The average Bonchev–Trinajstić information content (AvgIpc) is 2.40. The van der Waals surface area contributed by atoms with Gasteiger partial charge in [0.25, 0.3) is 0 Å². The Labute approximate surface area is 105 Å². The quantitative estimate of drug-likeness (QED) is 0.594. The van der Waals surface area contributed by atoms with Gasteiger partial charge in [0, 0.05) is 15.5 Å². The van der Waals surface area contributed by atoms with E-state index < -0.39 is 0 Å². The molecule has 0 amide bonds. The van der Waals surface area contributed by atoms with Crippen LogP contribution in [0.15, 0.2) is 5.03 Å². The van der Waals surface area contributed by atoms with Gasteiger partial charge in [0.1, 0.15) is 15.7 Å². The second kappa shape index (κ2) is 4.34. The highest BCUT2D eigenvalue weighted by molar-refractivity contribution is 8.00. The van der Waals surface area contributed by atoms with Crippen LogP contribution in [-0.2, 0) is 0 Å². The summed E-state index contributed by atoms with van der Waals surface area (Å²) in [7, 11) is 0. The van der Waals surface area contributed by atoms with Crippen LogP contribution in [0.5, 0.6) is 0 Å². The molecule has 0 fully saturated rings. The van der Waals surface area contributed by atoms with E-state index in [1.54, 1.807) is 11.3 Å². The molecule has 2 aromatic rings. The molecule has 0 saturated heterocycles. The topological polar surface area (TPSA) is 25.8 Å². The molecular formula is C12H16N2S2. The summed E-state index contributed by atoms with van der Waals surface area (Å²) in [6.07, 6.45) is 0. The summed E-state index contributed by atoms with van der Waals surface area (Å²) in [6, 6.07) is 0. The van der Waals surface area contributed by atoms with E-state index in [1.807, 2.05) is 18.7 Å². The van der Waals surface area contributed by atoms with Crippen LogP contribution >= 0.6 is 23.1 Å². The molecule has 4 heteroatoms. The molecule has 0 aliphatic carbocycles. The highest BCUT2D eigenvalue weighted by Gasteiger charge is 2.14. The van der Waals surface area contributed by atoms with E-state index >= 15 is 0 Å². The van der Waals surface area contributed by atoms with Crippen LogP contribution in [0.2, 0.25) is 0 Å². The first-order chi connectivity index (χ1) is 7.49. The normalized spacial score (nSPS) is 11.6. The minimum Gasteiger partial charge on any atom is -0.226 e. The van der Waals surface area contributed by atoms with Gasteiger partial charge in [0.15, 0.2) is 0 Å². The van der Waals surface area contributed by atoms with Crippen LogP contribution in [-0.4, -0.2) is 15.2 Å². The first kappa shape index (κ1) is 11.9. The fraction of sp³-hybridized carbons (Fsp3) is 0.500. The van der Waals surface area contributed by atoms with Crippen molar-refractivity contribution in [1.29, 1.82) is 0 Å². The molecule has 0 aliphatic rings. The Balaban J connectivity index is 2.69. The number of thioether (sulfide) groups is 1. The van der Waals surface area contributed by atoms with E-state index in [4.69, 9.17) is 0 Å². The second-order valence-electron chi connectivity index (χ2n) is 4.21. The summed E-state index contributed by atoms with van der Waals surface area (Å²) in [4.78, 5) is 11.6. The Morgan fingerprint density at radius 2 is 1.81 bits per heavy atom. The number of nitrogens with zero attached hydrogens (tertiary/aromatic N) is 2. The lowest BCUT2D eigenvalue weighted by Gasteiger charge is -2.06. The van der Waals surface area contributed by atoms with Gasteiger partial charge in [-0.05, 0) is 26.3 Å². The molecule has 0 N–H and O–H groups in total. The van der Waals surface area contributed by atoms with Crippen LogP contribution < -0.4 is 0 Å². The molecule has 2 nitrogen and oxygen atoms in total. The van der Waals surface area contributed by atoms with Crippen molar-refractivity contribution in [2.75, 3.05) is 0 Å².